The molecule has 164 valence electrons. The van der Waals surface area contributed by atoms with Gasteiger partial charge in [-0.3, -0.25) is 4.79 Å². The van der Waals surface area contributed by atoms with E-state index in [0.29, 0.717) is 61.0 Å². The van der Waals surface area contributed by atoms with Gasteiger partial charge in [0.2, 0.25) is 6.41 Å². The van der Waals surface area contributed by atoms with Crippen molar-refractivity contribution in [1.82, 2.24) is 10.6 Å². The molecule has 1 heterocycles. The van der Waals surface area contributed by atoms with Gasteiger partial charge in [0.15, 0.2) is 0 Å². The Morgan fingerprint density at radius 2 is 1.83 bits per heavy atom. The number of aliphatic imine (C=N–C) groups is 1. The van der Waals surface area contributed by atoms with Crippen LogP contribution in [0.5, 0.6) is 0 Å². The summed E-state index contributed by atoms with van der Waals surface area (Å²) in [6.07, 6.45) is -2.40. The summed E-state index contributed by atoms with van der Waals surface area (Å²) in [4.78, 5) is 15.7. The number of benzene rings is 1. The van der Waals surface area contributed by atoms with Gasteiger partial charge in [0.25, 0.3) is 0 Å². The molecule has 0 aromatic heterocycles. The van der Waals surface area contributed by atoms with E-state index in [0.717, 1.165) is 12.1 Å². The molecule has 0 radical (unpaired) electrons. The van der Waals surface area contributed by atoms with Crippen LogP contribution >= 0.6 is 0 Å². The van der Waals surface area contributed by atoms with E-state index in [9.17, 15) is 18.0 Å². The predicted molar refractivity (Wildman–Crippen MR) is 109 cm³/mol. The summed E-state index contributed by atoms with van der Waals surface area (Å²) in [5.41, 5.74) is 0.794. The van der Waals surface area contributed by atoms with E-state index >= 15 is 0 Å². The van der Waals surface area contributed by atoms with Gasteiger partial charge in [0.1, 0.15) is 11.7 Å². The Balaban J connectivity index is 2.31. The lowest BCUT2D eigenvalue weighted by molar-refractivity contribution is -0.137. The van der Waals surface area contributed by atoms with E-state index in [1.807, 2.05) is 0 Å². The van der Waals surface area contributed by atoms with Crippen molar-refractivity contribution in [1.29, 1.82) is 5.41 Å². The summed E-state index contributed by atoms with van der Waals surface area (Å²) in [6, 6.07) is 4.54. The fourth-order valence-electron chi connectivity index (χ4n) is 3.04. The number of carbonyl (C=O) groups is 1. The van der Waals surface area contributed by atoms with Crippen molar-refractivity contribution >= 4 is 18.0 Å². The van der Waals surface area contributed by atoms with E-state index < -0.39 is 11.7 Å². The van der Waals surface area contributed by atoms with Crippen LogP contribution in [0.2, 0.25) is 0 Å². The maximum atomic E-state index is 12.8. The minimum absolute atomic E-state index is 0.0148. The second-order valence-electron chi connectivity index (χ2n) is 7.23. The Kier molecular flexibility index (Phi) is 8.16. The number of halogens is 3. The van der Waals surface area contributed by atoms with Gasteiger partial charge < -0.3 is 20.8 Å². The molecule has 30 heavy (non-hydrogen) atoms. The quantitative estimate of drug-likeness (QED) is 0.348. The fourth-order valence-corrected chi connectivity index (χ4v) is 3.04. The topological polar surface area (TPSA) is 86.6 Å². The second kappa shape index (κ2) is 10.4. The van der Waals surface area contributed by atoms with Gasteiger partial charge in [-0.15, -0.1) is 0 Å². The first-order valence-electron chi connectivity index (χ1n) is 9.70. The van der Waals surface area contributed by atoms with Crippen LogP contribution in [-0.2, 0) is 15.7 Å². The lowest BCUT2D eigenvalue weighted by Crippen LogP contribution is -2.35. The van der Waals surface area contributed by atoms with Crippen LogP contribution in [0.1, 0.15) is 50.8 Å². The number of ether oxygens (including phenoxy) is 1. The van der Waals surface area contributed by atoms with Gasteiger partial charge in [-0.05, 0) is 51.3 Å². The highest BCUT2D eigenvalue weighted by Crippen LogP contribution is 2.30. The van der Waals surface area contributed by atoms with Crippen LogP contribution in [-0.4, -0.2) is 31.2 Å². The van der Waals surface area contributed by atoms with Crippen molar-refractivity contribution < 1.29 is 22.7 Å². The largest absolute Gasteiger partial charge is 0.416 e. The molecule has 1 aliphatic rings. The molecule has 6 nitrogen and oxygen atoms in total. The number of amidine groups is 1. The smallest absolute Gasteiger partial charge is 0.381 e. The molecule has 2 rings (SSSR count). The minimum atomic E-state index is -4.39. The van der Waals surface area contributed by atoms with Gasteiger partial charge in [-0.1, -0.05) is 12.1 Å². The van der Waals surface area contributed by atoms with E-state index in [2.05, 4.69) is 15.6 Å². The highest BCUT2D eigenvalue weighted by Gasteiger charge is 2.30. The van der Waals surface area contributed by atoms with Crippen molar-refractivity contribution in [3.63, 3.8) is 0 Å². The number of hydrogen-bond donors (Lipinski definition) is 3. The third kappa shape index (κ3) is 6.41. The second-order valence-corrected chi connectivity index (χ2v) is 7.23. The lowest BCUT2D eigenvalue weighted by atomic mass is 9.99. The first kappa shape index (κ1) is 23.6. The van der Waals surface area contributed by atoms with E-state index in [1.54, 1.807) is 20.8 Å². The number of alkyl halides is 3. The number of rotatable bonds is 7. The summed E-state index contributed by atoms with van der Waals surface area (Å²) in [5.74, 6) is 0.891. The van der Waals surface area contributed by atoms with E-state index in [4.69, 9.17) is 10.1 Å². The number of nitrogens with one attached hydrogen (secondary N) is 3. The molecule has 1 aromatic rings. The van der Waals surface area contributed by atoms with Crippen molar-refractivity contribution in [3.05, 3.63) is 46.8 Å². The molecular formula is C21H27F3N4O2. The van der Waals surface area contributed by atoms with Crippen molar-refractivity contribution in [3.8, 4) is 0 Å². The number of allylic oxidation sites excluding steroid dienone is 1. The number of hydrogen-bond acceptors (Lipinski definition) is 5. The third-order valence-corrected chi connectivity index (χ3v) is 5.06. The van der Waals surface area contributed by atoms with E-state index in [-0.39, 0.29) is 12.0 Å². The predicted octanol–water partition coefficient (Wildman–Crippen LogP) is 4.20. The molecule has 1 aliphatic heterocycles. The summed E-state index contributed by atoms with van der Waals surface area (Å²) in [5, 5.41) is 13.8. The van der Waals surface area contributed by atoms with Gasteiger partial charge in [0, 0.05) is 36.5 Å². The minimum Gasteiger partial charge on any atom is -0.381 e. The molecule has 0 aliphatic carbocycles. The Morgan fingerprint density at radius 3 is 2.33 bits per heavy atom. The SMILES string of the molecule is CC(=N)/C(C)=C(/N=C(\NC=O)C1CCOCC1)NC(C)c1ccc(C(F)(F)F)cc1. The summed E-state index contributed by atoms with van der Waals surface area (Å²) in [6.45, 7) is 6.29. The zero-order chi connectivity index (χ0) is 22.3. The molecule has 9 heteroatoms. The highest BCUT2D eigenvalue weighted by atomic mass is 19.4. The molecule has 0 bridgehead atoms. The molecule has 1 fully saturated rings. The molecule has 0 saturated carbocycles. The monoisotopic (exact) mass is 424 g/mol. The van der Waals surface area contributed by atoms with Crippen LogP contribution in [0, 0.1) is 11.3 Å². The zero-order valence-electron chi connectivity index (χ0n) is 17.3. The van der Waals surface area contributed by atoms with E-state index in [1.165, 1.54) is 12.1 Å². The molecule has 1 aromatic carbocycles. The van der Waals surface area contributed by atoms with Crippen molar-refractivity contribution in [2.24, 2.45) is 10.9 Å². The lowest BCUT2D eigenvalue weighted by Gasteiger charge is -2.25. The summed E-state index contributed by atoms with van der Waals surface area (Å²) >= 11 is 0. The van der Waals surface area contributed by atoms with Gasteiger partial charge in [-0.2, -0.15) is 13.2 Å². The van der Waals surface area contributed by atoms with Crippen LogP contribution in [0.15, 0.2) is 40.7 Å². The van der Waals surface area contributed by atoms with Crippen LogP contribution in [0.4, 0.5) is 13.2 Å². The average Bonchev–Trinajstić information content (AvgIpc) is 2.72. The average molecular weight is 424 g/mol. The highest BCUT2D eigenvalue weighted by molar-refractivity contribution is 5.97. The normalized spacial score (nSPS) is 17.7. The standard InChI is InChI=1S/C21H27F3N4O2/c1-13(14(2)25)19(28-20(26-12-29)17-8-10-30-11-9-17)27-15(3)16-4-6-18(7-5-16)21(22,23)24/h4-7,12,15,17,25,27H,8-11H2,1-3H3,(H,26,28,29)/b19-13+,25-14?. The molecule has 0 spiro atoms. The van der Waals surface area contributed by atoms with Crippen LogP contribution in [0.3, 0.4) is 0 Å². The third-order valence-electron chi connectivity index (χ3n) is 5.06. The van der Waals surface area contributed by atoms with Crippen LogP contribution < -0.4 is 10.6 Å². The van der Waals surface area contributed by atoms with Crippen molar-refractivity contribution in [2.45, 2.75) is 45.8 Å². The van der Waals surface area contributed by atoms with Gasteiger partial charge >= 0.3 is 6.18 Å². The number of carbonyl (C=O) groups excluding carboxylic acids is 1. The first-order chi connectivity index (χ1) is 14.1. The molecular weight excluding hydrogens is 397 g/mol. The molecule has 1 amide bonds. The van der Waals surface area contributed by atoms with Gasteiger partial charge in [-0.25, -0.2) is 4.99 Å². The maximum absolute atomic E-state index is 12.8. The number of amides is 1. The Labute approximate surface area is 174 Å². The summed E-state index contributed by atoms with van der Waals surface area (Å²) < 4.78 is 43.8. The molecule has 1 saturated heterocycles. The van der Waals surface area contributed by atoms with Crippen molar-refractivity contribution in [2.75, 3.05) is 13.2 Å². The fraction of sp³-hybridized carbons (Fsp3) is 0.476. The van der Waals surface area contributed by atoms with Gasteiger partial charge in [0.05, 0.1) is 5.56 Å². The Bertz CT molecular complexity index is 811. The molecule has 3 N–H and O–H groups in total. The Hall–Kier alpha value is -2.68. The molecule has 1 unspecified atom stereocenters. The maximum Gasteiger partial charge on any atom is 0.416 e. The number of nitrogens with zero attached hydrogens (tertiary/aromatic N) is 1. The Morgan fingerprint density at radius 1 is 1.23 bits per heavy atom. The summed E-state index contributed by atoms with van der Waals surface area (Å²) in [7, 11) is 0. The zero-order valence-corrected chi connectivity index (χ0v) is 17.3. The molecule has 1 atom stereocenters. The van der Waals surface area contributed by atoms with Crippen LogP contribution in [0.25, 0.3) is 0 Å². The first-order valence-corrected chi connectivity index (χ1v) is 9.70.